The van der Waals surface area contributed by atoms with Crippen molar-refractivity contribution < 1.29 is 72.5 Å². The smallest absolute Gasteiger partial charge is 0.326 e. The number of hydrogen-bond donors (Lipinski definition) is 24. The highest BCUT2D eigenvalue weighted by Crippen LogP contribution is 2.37. The van der Waals surface area contributed by atoms with E-state index >= 15 is 0 Å². The number of amides is 10. The van der Waals surface area contributed by atoms with Gasteiger partial charge in [0.2, 0.25) is 59.1 Å². The molecule has 1 aliphatic carbocycles. The van der Waals surface area contributed by atoms with Crippen LogP contribution in [0.5, 0.6) is 5.75 Å². The van der Waals surface area contributed by atoms with Gasteiger partial charge in [-0.1, -0.05) is 31.4 Å². The third kappa shape index (κ3) is 32.9. The molecular formula is C59H97N25O15S2. The van der Waals surface area contributed by atoms with E-state index in [0.29, 0.717) is 49.1 Å². The molecule has 1 aliphatic rings. The number of nitrogens with two attached hydrogens (primary N) is 9. The maximum absolute atomic E-state index is 14.5. The van der Waals surface area contributed by atoms with Crippen LogP contribution in [0.25, 0.3) is 0 Å². The summed E-state index contributed by atoms with van der Waals surface area (Å²) in [5, 5.41) is 44.5. The first-order valence-corrected chi connectivity index (χ1v) is 33.2. The maximum atomic E-state index is 14.5. The Morgan fingerprint density at radius 2 is 0.960 bits per heavy atom. The van der Waals surface area contributed by atoms with Gasteiger partial charge in [-0.2, -0.15) is 25.3 Å². The molecule has 0 bridgehead atoms. The Kier molecular flexibility index (Phi) is 37.5. The topological polar surface area (TPSA) is 687 Å². The number of aromatic amines is 1. The van der Waals surface area contributed by atoms with Crippen LogP contribution in [0.15, 0.2) is 56.8 Å². The van der Waals surface area contributed by atoms with Crippen molar-refractivity contribution in [3.05, 3.63) is 48.0 Å². The number of ether oxygens (including phenoxy) is 1. The lowest BCUT2D eigenvalue weighted by Crippen LogP contribution is -2.61. The van der Waals surface area contributed by atoms with Gasteiger partial charge in [-0.25, -0.2) is 9.78 Å². The zero-order valence-corrected chi connectivity index (χ0v) is 57.7. The Morgan fingerprint density at radius 1 is 0.535 bits per heavy atom. The van der Waals surface area contributed by atoms with Crippen LogP contribution < -0.4 is 110 Å². The number of aliphatic imine (C=N–C) groups is 4. The van der Waals surface area contributed by atoms with Crippen molar-refractivity contribution in [1.82, 2.24) is 63.1 Å². The number of carbonyl (C=O) groups is 12. The fraction of sp³-hybridized carbons (Fsp3) is 0.576. The van der Waals surface area contributed by atoms with Gasteiger partial charge in [0.1, 0.15) is 54.1 Å². The van der Waals surface area contributed by atoms with E-state index in [1.807, 2.05) is 0 Å². The van der Waals surface area contributed by atoms with Crippen LogP contribution in [0.3, 0.4) is 0 Å². The number of rotatable bonds is 46. The van der Waals surface area contributed by atoms with Gasteiger partial charge in [0.15, 0.2) is 23.8 Å². The molecule has 1 fully saturated rings. The van der Waals surface area contributed by atoms with Crippen LogP contribution in [-0.4, -0.2) is 226 Å². The number of nitrogens with zero attached hydrogens (tertiary/aromatic N) is 5. The molecule has 1 aromatic heterocycles. The number of benzene rings is 1. The summed E-state index contributed by atoms with van der Waals surface area (Å²) in [6.45, 7) is -1.52. The average Bonchev–Trinajstić information content (AvgIpc) is 1.11. The van der Waals surface area contributed by atoms with Gasteiger partial charge < -0.3 is 125 Å². The van der Waals surface area contributed by atoms with Crippen molar-refractivity contribution in [3.63, 3.8) is 0 Å². The number of carboxylic acids is 2. The Balaban J connectivity index is 1.88. The predicted octanol–water partition coefficient (Wildman–Crippen LogP) is -8.02. The summed E-state index contributed by atoms with van der Waals surface area (Å²) in [6.07, 6.45) is 4.36. The average molecular weight is 1460 g/mol. The number of aromatic nitrogens is 2. The van der Waals surface area contributed by atoms with Crippen LogP contribution in [0, 0.1) is 0 Å². The Bertz CT molecular complexity index is 3210. The summed E-state index contributed by atoms with van der Waals surface area (Å²) < 4.78 is 4.22. The number of H-pyrrole nitrogens is 1. The van der Waals surface area contributed by atoms with E-state index in [4.69, 9.17) is 69.0 Å². The lowest BCUT2D eigenvalue weighted by atomic mass is 9.82. The molecule has 1 aromatic carbocycles. The maximum Gasteiger partial charge on any atom is 0.326 e. The van der Waals surface area contributed by atoms with Gasteiger partial charge in [0, 0.05) is 61.4 Å². The van der Waals surface area contributed by atoms with Gasteiger partial charge in [-0.05, 0) is 81.9 Å². The van der Waals surface area contributed by atoms with Crippen LogP contribution in [-0.2, 0) is 70.4 Å². The first-order chi connectivity index (χ1) is 47.8. The number of nitrogens with one attached hydrogen (secondary N) is 11. The highest BCUT2D eigenvalue weighted by atomic mass is 32.1. The molecule has 10 amide bonds. The Morgan fingerprint density at radius 3 is 1.44 bits per heavy atom. The highest BCUT2D eigenvalue weighted by Gasteiger charge is 2.43. The number of hydrogen-bond acceptors (Lipinski definition) is 21. The molecule has 1 saturated carbocycles. The Hall–Kier alpha value is -10.4. The minimum absolute atomic E-state index is 0.0364. The second-order valence-electron chi connectivity index (χ2n) is 23.4. The standard InChI is InChI=1S/C59H97N25O15S2/c1-99-33-15-13-31(14-16-33)23-38(49(92)80-36(11-7-21-72-57(65)66)48(91)83-41(29-100)52(95)81-37(54(97)98)12-8-22-73-58(67)68)82-51(94)40(25-44(87)88)78-42(85)27-74-47(90)35(10-6-20-71-56(63)64)79-50(93)39(24-32-26-69-30-76-32)77-43(86)28-75-53(96)45(59(101)17-3-2-4-18-59)84-46(89)34(60)9-5-19-70-55(61)62/h13-16,26,30,34-41,45,100-101H,2-12,17-25,27-29,60H2,1H3,(H,69,76)(H,74,90)(H,75,96)(H,77,86)(H,78,85)(H,79,93)(H,80,92)(H,81,95)(H,82,94)(H,83,91)(H,84,89)(H,87,88)(H,97,98)(H4,61,62,70)(H4,63,64,71)(H4,65,66,72)(H4,67,68,73)/t34-,35-,36-,37-,38-,39+,40-,41-,45?/m0/s1. The third-order valence-electron chi connectivity index (χ3n) is 15.4. The van der Waals surface area contributed by atoms with Crippen molar-refractivity contribution >= 4 is 120 Å². The number of carboxylic acid groups (broad SMARTS) is 2. The quantitative estimate of drug-likeness (QED) is 0.0127. The summed E-state index contributed by atoms with van der Waals surface area (Å²) >= 11 is 9.05. The van der Waals surface area contributed by atoms with E-state index in [-0.39, 0.29) is 114 Å². The van der Waals surface area contributed by atoms with Crippen LogP contribution in [0.4, 0.5) is 0 Å². The van der Waals surface area contributed by atoms with E-state index in [1.54, 1.807) is 0 Å². The fourth-order valence-corrected chi connectivity index (χ4v) is 10.9. The zero-order chi connectivity index (χ0) is 75.2. The molecule has 1 heterocycles. The second-order valence-corrected chi connectivity index (χ2v) is 24.7. The van der Waals surface area contributed by atoms with E-state index in [9.17, 15) is 67.7 Å². The molecule has 0 spiro atoms. The Labute approximate surface area is 592 Å². The van der Waals surface area contributed by atoms with Crippen molar-refractivity contribution in [1.29, 1.82) is 0 Å². The molecular weight excluding hydrogens is 1360 g/mol. The minimum Gasteiger partial charge on any atom is -0.497 e. The molecule has 101 heavy (non-hydrogen) atoms. The number of carbonyl (C=O) groups excluding carboxylic acids is 10. The second kappa shape index (κ2) is 44.6. The van der Waals surface area contributed by atoms with E-state index in [2.05, 4.69) is 95.7 Å². The van der Waals surface area contributed by atoms with Crippen LogP contribution in [0.2, 0.25) is 0 Å². The van der Waals surface area contributed by atoms with Crippen LogP contribution >= 0.6 is 25.3 Å². The highest BCUT2D eigenvalue weighted by molar-refractivity contribution is 7.82. The first kappa shape index (κ1) is 84.8. The normalized spacial score (nSPS) is 14.9. The number of methoxy groups -OCH3 is 1. The van der Waals surface area contributed by atoms with Gasteiger partial charge in [-0.15, -0.1) is 0 Å². The lowest BCUT2D eigenvalue weighted by molar-refractivity contribution is -0.142. The predicted molar refractivity (Wildman–Crippen MR) is 377 cm³/mol. The van der Waals surface area contributed by atoms with Crippen molar-refractivity contribution in [3.8, 4) is 5.75 Å². The molecule has 42 heteroatoms. The lowest BCUT2D eigenvalue weighted by Gasteiger charge is -2.39. The SMILES string of the molecule is COc1ccc(C[C@H](NC(=O)[C@H](CC(=O)O)NC(=O)CNC(=O)[C@H](CCCN=C(N)N)NC(=O)[C@@H](Cc2cnc[nH]2)NC(=O)CNC(=O)C(NC(=O)[C@@H](N)CCCN=C(N)N)C2(S)CCCCC2)C(=O)N[C@@H](CCCN=C(N)N)C(=O)N[C@@H](CS)C(=O)N[C@@H](CCCN=C(N)N)C(=O)O)cc1. The minimum atomic E-state index is -1.96. The van der Waals surface area contributed by atoms with Gasteiger partial charge in [0.25, 0.3) is 0 Å². The summed E-state index contributed by atoms with van der Waals surface area (Å²) in [6, 6.07) is -7.22. The van der Waals surface area contributed by atoms with Gasteiger partial charge >= 0.3 is 11.9 Å². The molecule has 560 valence electrons. The first-order valence-electron chi connectivity index (χ1n) is 32.2. The van der Waals surface area contributed by atoms with Crippen LogP contribution in [0.1, 0.15) is 101 Å². The summed E-state index contributed by atoms with van der Waals surface area (Å²) in [7, 11) is 1.40. The molecule has 1 unspecified atom stereocenters. The van der Waals surface area contributed by atoms with Crippen molar-refractivity contribution in [2.75, 3.05) is 52.1 Å². The number of guanidine groups is 4. The molecule has 0 aliphatic heterocycles. The number of aliphatic carboxylic acids is 2. The zero-order valence-electron chi connectivity index (χ0n) is 56.0. The largest absolute Gasteiger partial charge is 0.497 e. The third-order valence-corrected chi connectivity index (χ3v) is 16.5. The molecule has 3 rings (SSSR count). The molecule has 0 radical (unpaired) electrons. The number of imidazole rings is 1. The number of thiol groups is 2. The molecule has 2 aromatic rings. The molecule has 0 saturated heterocycles. The summed E-state index contributed by atoms with van der Waals surface area (Å²) in [5.41, 5.74) is 50.4. The summed E-state index contributed by atoms with van der Waals surface area (Å²) in [4.78, 5) is 186. The van der Waals surface area contributed by atoms with Crippen molar-refractivity contribution in [2.24, 2.45) is 71.6 Å². The van der Waals surface area contributed by atoms with Gasteiger partial charge in [-0.3, -0.25) is 72.7 Å². The molecule has 40 nitrogen and oxygen atoms in total. The molecule has 31 N–H and O–H groups in total. The fourth-order valence-electron chi connectivity index (χ4n) is 10.1. The van der Waals surface area contributed by atoms with E-state index < -0.39 is 150 Å². The summed E-state index contributed by atoms with van der Waals surface area (Å²) in [5.74, 6) is -13.6. The molecule has 9 atom stereocenters. The van der Waals surface area contributed by atoms with Gasteiger partial charge in [0.05, 0.1) is 39.0 Å². The van der Waals surface area contributed by atoms with E-state index in [1.165, 1.54) is 43.9 Å². The van der Waals surface area contributed by atoms with E-state index in [0.717, 1.165) is 6.42 Å². The van der Waals surface area contributed by atoms with Crippen molar-refractivity contribution in [2.45, 2.75) is 162 Å². The monoisotopic (exact) mass is 1460 g/mol.